The Morgan fingerprint density at radius 3 is 2.32 bits per heavy atom. The molecule has 3 aromatic heterocycles. The van der Waals surface area contributed by atoms with E-state index in [1.165, 1.54) is 11.3 Å². The number of halogens is 1. The molecule has 0 aliphatic heterocycles. The lowest BCUT2D eigenvalue weighted by Gasteiger charge is -2.13. The number of benzene rings is 2. The first-order valence-corrected chi connectivity index (χ1v) is 12.9. The average Bonchev–Trinajstić information content (AvgIpc) is 3.33. The molecule has 2 N–H and O–H groups in total. The van der Waals surface area contributed by atoms with Crippen LogP contribution in [-0.4, -0.2) is 41.3 Å². The zero-order valence-corrected chi connectivity index (χ0v) is 23.2. The molecule has 0 bridgehead atoms. The van der Waals surface area contributed by atoms with E-state index < -0.39 is 11.6 Å². The Balaban J connectivity index is 0.000000586. The predicted molar refractivity (Wildman–Crippen MR) is 150 cm³/mol. The Morgan fingerprint density at radius 2 is 1.70 bits per heavy atom. The van der Waals surface area contributed by atoms with Crippen LogP contribution >= 0.6 is 22.9 Å². The molecule has 0 unspecified atom stereocenters. The van der Waals surface area contributed by atoms with Gasteiger partial charge < -0.3 is 14.8 Å². The van der Waals surface area contributed by atoms with E-state index in [9.17, 15) is 9.90 Å². The molecule has 7 nitrogen and oxygen atoms in total. The zero-order chi connectivity index (χ0) is 27.1. The van der Waals surface area contributed by atoms with Gasteiger partial charge in [-0.1, -0.05) is 23.7 Å². The van der Waals surface area contributed by atoms with Gasteiger partial charge in [-0.25, -0.2) is 15.0 Å². The van der Waals surface area contributed by atoms with Crippen molar-refractivity contribution >= 4 is 50.3 Å². The van der Waals surface area contributed by atoms with E-state index in [1.54, 1.807) is 20.8 Å². The summed E-state index contributed by atoms with van der Waals surface area (Å²) in [5.41, 5.74) is 6.37. The van der Waals surface area contributed by atoms with Gasteiger partial charge in [-0.3, -0.25) is 4.79 Å². The summed E-state index contributed by atoms with van der Waals surface area (Å²) in [6.45, 7) is 9.11. The number of carboxylic acid groups (broad SMARTS) is 1. The Hall–Kier alpha value is -3.33. The molecule has 2 aromatic carbocycles. The molecular weight excluding hydrogens is 508 g/mol. The van der Waals surface area contributed by atoms with Gasteiger partial charge in [0.25, 0.3) is 0 Å². The van der Waals surface area contributed by atoms with Crippen LogP contribution in [0.5, 0.6) is 0 Å². The summed E-state index contributed by atoms with van der Waals surface area (Å²) in [6.07, 6.45) is 1.75. The summed E-state index contributed by atoms with van der Waals surface area (Å²) >= 11 is 7.63. The van der Waals surface area contributed by atoms with Gasteiger partial charge in [0.15, 0.2) is 5.65 Å². The highest BCUT2D eigenvalue weighted by Crippen LogP contribution is 2.41. The van der Waals surface area contributed by atoms with Gasteiger partial charge in [0.05, 0.1) is 22.2 Å². The van der Waals surface area contributed by atoms with Crippen LogP contribution in [0.25, 0.3) is 43.1 Å². The molecule has 192 valence electrons. The largest absolute Gasteiger partial charge is 0.481 e. The molecule has 0 amide bonds. The third-order valence-corrected chi connectivity index (χ3v) is 7.04. The van der Waals surface area contributed by atoms with Gasteiger partial charge in [-0.2, -0.15) is 0 Å². The highest BCUT2D eigenvalue weighted by atomic mass is 35.5. The lowest BCUT2D eigenvalue weighted by atomic mass is 9.93. The fourth-order valence-electron chi connectivity index (χ4n) is 3.97. The number of carbonyl (C=O) groups is 1. The van der Waals surface area contributed by atoms with Crippen molar-refractivity contribution in [1.82, 2.24) is 19.5 Å². The summed E-state index contributed by atoms with van der Waals surface area (Å²) in [4.78, 5) is 25.7. The van der Waals surface area contributed by atoms with Gasteiger partial charge in [0.2, 0.25) is 0 Å². The van der Waals surface area contributed by atoms with Crippen LogP contribution in [0.1, 0.15) is 37.7 Å². The van der Waals surface area contributed by atoms with Crippen molar-refractivity contribution in [1.29, 1.82) is 0 Å². The Labute approximate surface area is 224 Å². The number of thiazole rings is 1. The van der Waals surface area contributed by atoms with Crippen molar-refractivity contribution in [2.24, 2.45) is 7.05 Å². The number of aliphatic hydroxyl groups is 1. The zero-order valence-electron chi connectivity index (χ0n) is 21.6. The third-order valence-electron chi connectivity index (χ3n) is 5.65. The van der Waals surface area contributed by atoms with E-state index in [4.69, 9.17) is 21.7 Å². The summed E-state index contributed by atoms with van der Waals surface area (Å²) in [6, 6.07) is 11.4. The normalized spacial score (nSPS) is 11.6. The number of carboxylic acids is 1. The number of hydrogen-bond acceptors (Lipinski definition) is 6. The standard InChI is InChI=1S/C24H19ClN4O2S.C4H10O/c1-12-8-18-22(21(17(12)10-20(30)31)14-4-6-16(25)7-5-14)32-24(28-18)15-9-19-23(26-11-15)29(3)13(2)27-19;1-4(2,3)5/h4-9,11H,10H2,1-3H3,(H,30,31);5H,1-3H3. The predicted octanol–water partition coefficient (Wildman–Crippen LogP) is 6.59. The average molecular weight is 537 g/mol. The fraction of sp³-hybridized carbons (Fsp3) is 0.286. The quantitative estimate of drug-likeness (QED) is 0.269. The Bertz CT molecular complexity index is 1610. The molecule has 0 radical (unpaired) electrons. The summed E-state index contributed by atoms with van der Waals surface area (Å²) in [5, 5.41) is 19.5. The highest BCUT2D eigenvalue weighted by Gasteiger charge is 2.20. The minimum absolute atomic E-state index is 0.0618. The number of aliphatic carboxylic acids is 1. The number of rotatable bonds is 4. The SMILES string of the molecule is CC(C)(C)O.Cc1cc2nc(-c3cnc4c(c3)nc(C)n4C)sc2c(-c2ccc(Cl)cc2)c1CC(=O)O. The van der Waals surface area contributed by atoms with Crippen molar-refractivity contribution in [2.45, 2.75) is 46.6 Å². The fourth-order valence-corrected chi connectivity index (χ4v) is 5.21. The molecule has 0 saturated heterocycles. The number of fused-ring (bicyclic) bond motifs is 2. The van der Waals surface area contributed by atoms with Crippen LogP contribution in [0.3, 0.4) is 0 Å². The lowest BCUT2D eigenvalue weighted by molar-refractivity contribution is -0.136. The maximum absolute atomic E-state index is 11.6. The highest BCUT2D eigenvalue weighted by molar-refractivity contribution is 7.22. The van der Waals surface area contributed by atoms with Gasteiger partial charge in [0, 0.05) is 29.4 Å². The number of aromatic nitrogens is 4. The molecule has 5 rings (SSSR count). The van der Waals surface area contributed by atoms with E-state index in [0.717, 1.165) is 60.0 Å². The molecule has 0 spiro atoms. The molecule has 0 atom stereocenters. The molecular formula is C28H29ClN4O3S. The second-order valence-electron chi connectivity index (χ2n) is 9.95. The number of aryl methyl sites for hydroxylation is 3. The van der Waals surface area contributed by atoms with Crippen LogP contribution in [-0.2, 0) is 18.3 Å². The third kappa shape index (κ3) is 5.98. The van der Waals surface area contributed by atoms with E-state index in [2.05, 4.69) is 9.97 Å². The monoisotopic (exact) mass is 536 g/mol. The minimum atomic E-state index is -0.868. The Kier molecular flexibility index (Phi) is 7.37. The minimum Gasteiger partial charge on any atom is -0.481 e. The van der Waals surface area contributed by atoms with Crippen LogP contribution in [0, 0.1) is 13.8 Å². The molecule has 0 fully saturated rings. The van der Waals surface area contributed by atoms with Gasteiger partial charge >= 0.3 is 5.97 Å². The second-order valence-corrected chi connectivity index (χ2v) is 11.4. The van der Waals surface area contributed by atoms with Crippen molar-refractivity contribution in [3.63, 3.8) is 0 Å². The van der Waals surface area contributed by atoms with Crippen molar-refractivity contribution < 1.29 is 15.0 Å². The first-order chi connectivity index (χ1) is 17.3. The first-order valence-electron chi connectivity index (χ1n) is 11.7. The van der Waals surface area contributed by atoms with Gasteiger partial charge in [-0.05, 0) is 75.6 Å². The number of pyridine rings is 1. The maximum atomic E-state index is 11.6. The molecule has 0 aliphatic rings. The van der Waals surface area contributed by atoms with Crippen molar-refractivity contribution in [2.75, 3.05) is 0 Å². The van der Waals surface area contributed by atoms with Crippen LogP contribution in [0.15, 0.2) is 42.6 Å². The van der Waals surface area contributed by atoms with Crippen molar-refractivity contribution in [3.05, 3.63) is 64.6 Å². The smallest absolute Gasteiger partial charge is 0.307 e. The summed E-state index contributed by atoms with van der Waals surface area (Å²) < 4.78 is 2.90. The van der Waals surface area contributed by atoms with Gasteiger partial charge in [0.1, 0.15) is 16.3 Å². The van der Waals surface area contributed by atoms with Crippen LogP contribution < -0.4 is 0 Å². The summed E-state index contributed by atoms with van der Waals surface area (Å²) in [5.74, 6) is 0.0282. The van der Waals surface area contributed by atoms with E-state index in [-0.39, 0.29) is 6.42 Å². The van der Waals surface area contributed by atoms with Crippen LogP contribution in [0.4, 0.5) is 0 Å². The topological polar surface area (TPSA) is 101 Å². The molecule has 37 heavy (non-hydrogen) atoms. The summed E-state index contributed by atoms with van der Waals surface area (Å²) in [7, 11) is 1.94. The molecule has 0 saturated carbocycles. The van der Waals surface area contributed by atoms with Gasteiger partial charge in [-0.15, -0.1) is 11.3 Å². The van der Waals surface area contributed by atoms with E-state index in [0.29, 0.717) is 5.02 Å². The Morgan fingerprint density at radius 1 is 1.05 bits per heavy atom. The van der Waals surface area contributed by atoms with Crippen molar-refractivity contribution in [3.8, 4) is 21.7 Å². The molecule has 3 heterocycles. The second kappa shape index (κ2) is 10.2. The van der Waals surface area contributed by atoms with E-state index in [1.807, 2.05) is 68.1 Å². The first kappa shape index (κ1) is 26.7. The maximum Gasteiger partial charge on any atom is 0.307 e. The number of imidazole rings is 1. The lowest BCUT2D eigenvalue weighted by Crippen LogP contribution is -2.10. The van der Waals surface area contributed by atoms with Crippen LogP contribution in [0.2, 0.25) is 5.02 Å². The number of hydrogen-bond donors (Lipinski definition) is 2. The molecule has 0 aliphatic carbocycles. The van der Waals surface area contributed by atoms with E-state index >= 15 is 0 Å². The molecule has 9 heteroatoms. The number of nitrogens with zero attached hydrogens (tertiary/aromatic N) is 4. The molecule has 5 aromatic rings.